The Morgan fingerprint density at radius 3 is 2.42 bits per heavy atom. The summed E-state index contributed by atoms with van der Waals surface area (Å²) >= 11 is 0. The number of fused-ring (bicyclic) bond motifs is 3. The quantitative estimate of drug-likeness (QED) is 0.745. The van der Waals surface area contributed by atoms with E-state index in [2.05, 4.69) is 4.72 Å². The molecule has 8 heteroatoms. The Bertz CT molecular complexity index is 892. The standard InChI is InChI=1S/C17H21NO3S.CH2O3/c19-22(20,18-12-5-1-2-6-12)13-9-10-15-14-7-3-4-8-16(14)21-17(15)11-13;2-1(3)4/h9-12,18H,1-8H2;(H2,2,3,4). The van der Waals surface area contributed by atoms with Crippen molar-refractivity contribution in [3.8, 4) is 0 Å². The number of hydrogen-bond donors (Lipinski definition) is 3. The number of aryl methyl sites for hydroxylation is 2. The molecule has 0 saturated heterocycles. The van der Waals surface area contributed by atoms with Gasteiger partial charge in [0.1, 0.15) is 11.3 Å². The molecule has 0 atom stereocenters. The van der Waals surface area contributed by atoms with Crippen LogP contribution in [0.4, 0.5) is 4.79 Å². The van der Waals surface area contributed by atoms with Crippen LogP contribution in [0.15, 0.2) is 27.5 Å². The number of carboxylic acid groups (broad SMARTS) is 2. The summed E-state index contributed by atoms with van der Waals surface area (Å²) in [4.78, 5) is 8.87. The van der Waals surface area contributed by atoms with E-state index in [0.29, 0.717) is 10.5 Å². The van der Waals surface area contributed by atoms with Crippen molar-refractivity contribution >= 4 is 27.1 Å². The summed E-state index contributed by atoms with van der Waals surface area (Å²) in [5.41, 5.74) is 1.98. The molecule has 0 unspecified atom stereocenters. The van der Waals surface area contributed by atoms with Crippen LogP contribution in [-0.4, -0.2) is 30.8 Å². The van der Waals surface area contributed by atoms with Crippen LogP contribution in [0.1, 0.15) is 49.8 Å². The molecule has 142 valence electrons. The monoisotopic (exact) mass is 381 g/mol. The Labute approximate surface area is 152 Å². The van der Waals surface area contributed by atoms with Crippen molar-refractivity contribution in [1.29, 1.82) is 0 Å². The average molecular weight is 381 g/mol. The molecule has 26 heavy (non-hydrogen) atoms. The summed E-state index contributed by atoms with van der Waals surface area (Å²) < 4.78 is 33.8. The van der Waals surface area contributed by atoms with Crippen molar-refractivity contribution in [3.63, 3.8) is 0 Å². The molecule has 2 aromatic rings. The molecular weight excluding hydrogens is 358 g/mol. The van der Waals surface area contributed by atoms with Gasteiger partial charge >= 0.3 is 6.16 Å². The van der Waals surface area contributed by atoms with Crippen LogP contribution in [-0.2, 0) is 22.9 Å². The minimum absolute atomic E-state index is 0.0884. The number of benzene rings is 1. The van der Waals surface area contributed by atoms with Gasteiger partial charge in [-0.05, 0) is 44.2 Å². The van der Waals surface area contributed by atoms with Crippen LogP contribution in [0.25, 0.3) is 11.0 Å². The summed E-state index contributed by atoms with van der Waals surface area (Å²) in [5, 5.41) is 15.0. The van der Waals surface area contributed by atoms with Crippen LogP contribution < -0.4 is 4.72 Å². The molecule has 2 aliphatic rings. The molecule has 1 aromatic heterocycles. The van der Waals surface area contributed by atoms with Gasteiger partial charge in [-0.2, -0.15) is 0 Å². The van der Waals surface area contributed by atoms with Gasteiger partial charge < -0.3 is 14.6 Å². The lowest BCUT2D eigenvalue weighted by atomic mass is 9.96. The summed E-state index contributed by atoms with van der Waals surface area (Å²) in [6.07, 6.45) is 6.61. The van der Waals surface area contributed by atoms with Gasteiger partial charge in [-0.3, -0.25) is 0 Å². The van der Waals surface area contributed by atoms with E-state index in [-0.39, 0.29) is 6.04 Å². The maximum Gasteiger partial charge on any atom is 0.503 e. The highest BCUT2D eigenvalue weighted by Gasteiger charge is 2.24. The lowest BCUT2D eigenvalue weighted by Gasteiger charge is -2.12. The van der Waals surface area contributed by atoms with Crippen molar-refractivity contribution in [2.24, 2.45) is 0 Å². The smallest absolute Gasteiger partial charge is 0.461 e. The lowest BCUT2D eigenvalue weighted by molar-refractivity contribution is 0.137. The number of furan rings is 1. The van der Waals surface area contributed by atoms with Gasteiger partial charge in [0.15, 0.2) is 0 Å². The minimum Gasteiger partial charge on any atom is -0.461 e. The summed E-state index contributed by atoms with van der Waals surface area (Å²) in [5.74, 6) is 1.04. The van der Waals surface area contributed by atoms with Gasteiger partial charge in [-0.15, -0.1) is 0 Å². The fourth-order valence-electron chi connectivity index (χ4n) is 3.74. The third-order valence-electron chi connectivity index (χ3n) is 4.92. The number of rotatable bonds is 3. The number of sulfonamides is 1. The molecule has 3 N–H and O–H groups in total. The number of hydrogen-bond acceptors (Lipinski definition) is 4. The van der Waals surface area contributed by atoms with E-state index in [9.17, 15) is 8.42 Å². The van der Waals surface area contributed by atoms with Crippen LogP contribution in [0.2, 0.25) is 0 Å². The first kappa shape index (κ1) is 18.7. The zero-order chi connectivity index (χ0) is 18.7. The first-order valence-corrected chi connectivity index (χ1v) is 10.3. The SMILES string of the molecule is O=C(O)O.O=S(=O)(NC1CCCC1)c1ccc2c3c(oc2c1)CCCC3. The molecule has 0 aliphatic heterocycles. The molecule has 0 amide bonds. The first-order valence-electron chi connectivity index (χ1n) is 8.85. The molecule has 7 nitrogen and oxygen atoms in total. The molecular formula is C18H23NO6S. The predicted octanol–water partition coefficient (Wildman–Crippen LogP) is 3.75. The molecule has 4 rings (SSSR count). The first-order chi connectivity index (χ1) is 12.4. The van der Waals surface area contributed by atoms with E-state index in [4.69, 9.17) is 19.4 Å². The fraction of sp³-hybridized carbons (Fsp3) is 0.500. The number of carbonyl (C=O) groups is 1. The van der Waals surface area contributed by atoms with Crippen molar-refractivity contribution in [2.75, 3.05) is 0 Å². The lowest BCUT2D eigenvalue weighted by Crippen LogP contribution is -2.32. The Morgan fingerprint density at radius 2 is 1.73 bits per heavy atom. The number of nitrogens with one attached hydrogen (secondary N) is 1. The second-order valence-electron chi connectivity index (χ2n) is 6.75. The maximum absolute atomic E-state index is 12.5. The average Bonchev–Trinajstić information content (AvgIpc) is 3.20. The Hall–Kier alpha value is -2.06. The largest absolute Gasteiger partial charge is 0.503 e. The van der Waals surface area contributed by atoms with Crippen molar-refractivity contribution < 1.29 is 27.8 Å². The second kappa shape index (κ2) is 7.67. The summed E-state index contributed by atoms with van der Waals surface area (Å²) in [6, 6.07) is 5.40. The van der Waals surface area contributed by atoms with Crippen LogP contribution in [0, 0.1) is 0 Å². The van der Waals surface area contributed by atoms with E-state index in [1.807, 2.05) is 6.07 Å². The zero-order valence-corrected chi connectivity index (χ0v) is 15.2. The highest BCUT2D eigenvalue weighted by Crippen LogP contribution is 2.33. The molecule has 1 fully saturated rings. The van der Waals surface area contributed by atoms with E-state index in [1.54, 1.807) is 12.1 Å². The van der Waals surface area contributed by atoms with E-state index >= 15 is 0 Å². The molecule has 0 radical (unpaired) electrons. The topological polar surface area (TPSA) is 117 Å². The summed E-state index contributed by atoms with van der Waals surface area (Å²) in [6.45, 7) is 0. The van der Waals surface area contributed by atoms with Crippen LogP contribution in [0.3, 0.4) is 0 Å². The minimum atomic E-state index is -3.45. The van der Waals surface area contributed by atoms with Gasteiger partial charge in [-0.25, -0.2) is 17.9 Å². The van der Waals surface area contributed by atoms with E-state index in [1.165, 1.54) is 12.0 Å². The van der Waals surface area contributed by atoms with Gasteiger partial charge in [0.05, 0.1) is 4.90 Å². The van der Waals surface area contributed by atoms with E-state index < -0.39 is 16.2 Å². The maximum atomic E-state index is 12.5. The van der Waals surface area contributed by atoms with Crippen molar-refractivity contribution in [3.05, 3.63) is 29.5 Å². The molecule has 0 spiro atoms. The van der Waals surface area contributed by atoms with Gasteiger partial charge in [0.25, 0.3) is 0 Å². The molecule has 1 heterocycles. The Kier molecular flexibility index (Phi) is 5.52. The van der Waals surface area contributed by atoms with Gasteiger partial charge in [0.2, 0.25) is 10.0 Å². The molecule has 1 saturated carbocycles. The van der Waals surface area contributed by atoms with Crippen molar-refractivity contribution in [2.45, 2.75) is 62.3 Å². The third kappa shape index (κ3) is 4.19. The van der Waals surface area contributed by atoms with Gasteiger partial charge in [-0.1, -0.05) is 12.8 Å². The van der Waals surface area contributed by atoms with Gasteiger partial charge in [0, 0.05) is 29.5 Å². The highest BCUT2D eigenvalue weighted by atomic mass is 32.2. The van der Waals surface area contributed by atoms with E-state index in [0.717, 1.165) is 56.1 Å². The normalized spacial score (nSPS) is 17.5. The molecule has 2 aliphatic carbocycles. The second-order valence-corrected chi connectivity index (χ2v) is 8.47. The third-order valence-corrected chi connectivity index (χ3v) is 6.43. The van der Waals surface area contributed by atoms with Crippen LogP contribution >= 0.6 is 0 Å². The Balaban J connectivity index is 0.000000447. The van der Waals surface area contributed by atoms with Crippen LogP contribution in [0.5, 0.6) is 0 Å². The van der Waals surface area contributed by atoms with Crippen molar-refractivity contribution in [1.82, 2.24) is 4.72 Å². The Morgan fingerprint density at radius 1 is 1.08 bits per heavy atom. The highest BCUT2D eigenvalue weighted by molar-refractivity contribution is 7.89. The molecule has 1 aromatic carbocycles. The fourth-order valence-corrected chi connectivity index (χ4v) is 5.06. The molecule has 0 bridgehead atoms. The zero-order valence-electron chi connectivity index (χ0n) is 14.4. The summed E-state index contributed by atoms with van der Waals surface area (Å²) in [7, 11) is -3.45. The predicted molar refractivity (Wildman–Crippen MR) is 96.1 cm³/mol.